The van der Waals surface area contributed by atoms with Crippen molar-refractivity contribution in [2.24, 2.45) is 0 Å². The molecule has 1 aliphatic heterocycles. The Labute approximate surface area is 168 Å². The van der Waals surface area contributed by atoms with E-state index in [1.54, 1.807) is 16.0 Å². The average molecular weight is 397 g/mol. The van der Waals surface area contributed by atoms with Crippen molar-refractivity contribution in [2.75, 3.05) is 13.1 Å². The molecule has 3 heterocycles. The van der Waals surface area contributed by atoms with Gasteiger partial charge in [-0.25, -0.2) is 9.67 Å². The fourth-order valence-corrected chi connectivity index (χ4v) is 4.70. The van der Waals surface area contributed by atoms with Crippen LogP contribution in [0.25, 0.3) is 0 Å². The summed E-state index contributed by atoms with van der Waals surface area (Å²) in [7, 11) is 0. The molecule has 146 valence electrons. The Morgan fingerprint density at radius 3 is 2.54 bits per heavy atom. The van der Waals surface area contributed by atoms with Crippen LogP contribution in [0.3, 0.4) is 0 Å². The number of benzene rings is 1. The summed E-state index contributed by atoms with van der Waals surface area (Å²) in [5, 5.41) is 14.7. The number of carbonyl (C=O) groups is 1. The summed E-state index contributed by atoms with van der Waals surface area (Å²) in [5.41, 5.74) is 2.31. The lowest BCUT2D eigenvalue weighted by molar-refractivity contribution is -0.132. The molecule has 0 atom stereocenters. The van der Waals surface area contributed by atoms with Gasteiger partial charge in [0.1, 0.15) is 5.82 Å². The SMILES string of the molecule is Cc1nc(C2(c3ccccc3)CCN(C(=O)CCn3nnnc3C)CC2)cs1. The van der Waals surface area contributed by atoms with Crippen LogP contribution in [0.15, 0.2) is 35.7 Å². The summed E-state index contributed by atoms with van der Waals surface area (Å²) < 4.78 is 1.67. The first-order valence-electron chi connectivity index (χ1n) is 9.57. The van der Waals surface area contributed by atoms with Crippen LogP contribution in [0, 0.1) is 13.8 Å². The first kappa shape index (κ1) is 18.7. The van der Waals surface area contributed by atoms with Gasteiger partial charge in [-0.15, -0.1) is 16.4 Å². The first-order chi connectivity index (χ1) is 13.6. The quantitative estimate of drug-likeness (QED) is 0.663. The summed E-state index contributed by atoms with van der Waals surface area (Å²) in [4.78, 5) is 19.5. The highest BCUT2D eigenvalue weighted by Gasteiger charge is 2.40. The van der Waals surface area contributed by atoms with Crippen LogP contribution in [-0.4, -0.2) is 49.1 Å². The van der Waals surface area contributed by atoms with Gasteiger partial charge in [-0.05, 0) is 42.7 Å². The zero-order valence-electron chi connectivity index (χ0n) is 16.2. The summed E-state index contributed by atoms with van der Waals surface area (Å²) in [6.45, 7) is 5.88. The second-order valence-electron chi connectivity index (χ2n) is 7.28. The van der Waals surface area contributed by atoms with Crippen molar-refractivity contribution in [2.45, 2.75) is 45.1 Å². The standard InChI is InChI=1S/C20H24N6OS/c1-15-22-23-24-26(15)11-8-19(27)25-12-9-20(10-13-25,17-6-4-3-5-7-17)18-14-28-16(2)21-18/h3-7,14H,8-13H2,1-2H3. The number of tetrazole rings is 1. The second kappa shape index (κ2) is 7.79. The average Bonchev–Trinajstić information content (AvgIpc) is 3.35. The number of nitrogens with zero attached hydrogens (tertiary/aromatic N) is 6. The molecule has 0 radical (unpaired) electrons. The molecule has 1 fully saturated rings. The van der Waals surface area contributed by atoms with Crippen molar-refractivity contribution >= 4 is 17.2 Å². The van der Waals surface area contributed by atoms with E-state index >= 15 is 0 Å². The van der Waals surface area contributed by atoms with E-state index in [1.165, 1.54) is 5.56 Å². The Bertz CT molecular complexity index is 943. The lowest BCUT2D eigenvalue weighted by Crippen LogP contribution is -2.46. The van der Waals surface area contributed by atoms with Gasteiger partial charge in [-0.1, -0.05) is 30.3 Å². The third-order valence-electron chi connectivity index (χ3n) is 5.65. The van der Waals surface area contributed by atoms with Crippen molar-refractivity contribution in [3.63, 3.8) is 0 Å². The Morgan fingerprint density at radius 1 is 1.18 bits per heavy atom. The predicted octanol–water partition coefficient (Wildman–Crippen LogP) is 2.75. The fraction of sp³-hybridized carbons (Fsp3) is 0.450. The van der Waals surface area contributed by atoms with E-state index < -0.39 is 0 Å². The van der Waals surface area contributed by atoms with Crippen LogP contribution < -0.4 is 0 Å². The Morgan fingerprint density at radius 2 is 1.93 bits per heavy atom. The van der Waals surface area contributed by atoms with Crippen LogP contribution in [-0.2, 0) is 16.8 Å². The number of carbonyl (C=O) groups excluding carboxylic acids is 1. The molecule has 1 amide bonds. The highest BCUT2D eigenvalue weighted by molar-refractivity contribution is 7.09. The molecular weight excluding hydrogens is 372 g/mol. The number of amides is 1. The number of aromatic nitrogens is 5. The molecule has 3 aromatic rings. The lowest BCUT2D eigenvalue weighted by Gasteiger charge is -2.41. The molecule has 2 aromatic heterocycles. The maximum Gasteiger partial charge on any atom is 0.224 e. The molecule has 8 heteroatoms. The van der Waals surface area contributed by atoms with Gasteiger partial charge in [0.2, 0.25) is 5.91 Å². The van der Waals surface area contributed by atoms with Gasteiger partial charge in [0.25, 0.3) is 0 Å². The van der Waals surface area contributed by atoms with Crippen molar-refractivity contribution < 1.29 is 4.79 Å². The van der Waals surface area contributed by atoms with Crippen LogP contribution in [0.4, 0.5) is 0 Å². The third kappa shape index (κ3) is 3.56. The van der Waals surface area contributed by atoms with Crippen molar-refractivity contribution in [1.29, 1.82) is 0 Å². The number of aryl methyl sites for hydroxylation is 3. The molecule has 0 unspecified atom stereocenters. The second-order valence-corrected chi connectivity index (χ2v) is 8.34. The molecule has 1 saturated heterocycles. The molecule has 0 spiro atoms. The number of rotatable bonds is 5. The van der Waals surface area contributed by atoms with Gasteiger partial charge in [-0.3, -0.25) is 4.79 Å². The predicted molar refractivity (Wildman–Crippen MR) is 107 cm³/mol. The monoisotopic (exact) mass is 396 g/mol. The minimum atomic E-state index is -0.116. The first-order valence-corrected chi connectivity index (χ1v) is 10.5. The number of hydrogen-bond donors (Lipinski definition) is 0. The van der Waals surface area contributed by atoms with Crippen LogP contribution in [0.2, 0.25) is 0 Å². The van der Waals surface area contributed by atoms with Crippen molar-refractivity contribution in [3.8, 4) is 0 Å². The summed E-state index contributed by atoms with van der Waals surface area (Å²) in [6.07, 6.45) is 2.19. The van der Waals surface area contributed by atoms with Crippen LogP contribution in [0.1, 0.15) is 41.4 Å². The van der Waals surface area contributed by atoms with Gasteiger partial charge >= 0.3 is 0 Å². The minimum Gasteiger partial charge on any atom is -0.343 e. The van der Waals surface area contributed by atoms with E-state index in [4.69, 9.17) is 4.98 Å². The normalized spacial score (nSPS) is 16.3. The number of likely N-dealkylation sites (tertiary alicyclic amines) is 1. The van der Waals surface area contributed by atoms with Crippen LogP contribution >= 0.6 is 11.3 Å². The molecule has 1 aromatic carbocycles. The van der Waals surface area contributed by atoms with Gasteiger partial charge in [0.05, 0.1) is 17.2 Å². The summed E-state index contributed by atoms with van der Waals surface area (Å²) >= 11 is 1.69. The smallest absolute Gasteiger partial charge is 0.224 e. The number of thiazole rings is 1. The minimum absolute atomic E-state index is 0.116. The van der Waals surface area contributed by atoms with E-state index in [9.17, 15) is 4.79 Å². The Balaban J connectivity index is 1.48. The Kier molecular flexibility index (Phi) is 5.21. The molecule has 1 aliphatic rings. The molecule has 0 bridgehead atoms. The largest absolute Gasteiger partial charge is 0.343 e. The third-order valence-corrected chi connectivity index (χ3v) is 6.43. The molecule has 0 saturated carbocycles. The van der Waals surface area contributed by atoms with Crippen molar-refractivity contribution in [1.82, 2.24) is 30.1 Å². The zero-order valence-corrected chi connectivity index (χ0v) is 17.0. The van der Waals surface area contributed by atoms with E-state index in [-0.39, 0.29) is 11.3 Å². The van der Waals surface area contributed by atoms with Gasteiger partial charge in [-0.2, -0.15) is 0 Å². The van der Waals surface area contributed by atoms with Gasteiger partial charge < -0.3 is 4.90 Å². The topological polar surface area (TPSA) is 76.8 Å². The molecule has 4 rings (SSSR count). The molecular formula is C20H24N6OS. The van der Waals surface area contributed by atoms with Gasteiger partial charge in [0, 0.05) is 30.3 Å². The summed E-state index contributed by atoms with van der Waals surface area (Å²) in [6, 6.07) is 10.6. The molecule has 28 heavy (non-hydrogen) atoms. The molecule has 0 aliphatic carbocycles. The van der Waals surface area contributed by atoms with Crippen LogP contribution in [0.5, 0.6) is 0 Å². The number of hydrogen-bond acceptors (Lipinski definition) is 6. The highest BCUT2D eigenvalue weighted by atomic mass is 32.1. The van der Waals surface area contributed by atoms with E-state index in [2.05, 4.69) is 45.2 Å². The maximum atomic E-state index is 12.7. The van der Waals surface area contributed by atoms with E-state index in [0.29, 0.717) is 13.0 Å². The highest BCUT2D eigenvalue weighted by Crippen LogP contribution is 2.42. The summed E-state index contributed by atoms with van der Waals surface area (Å²) in [5.74, 6) is 0.888. The zero-order chi connectivity index (χ0) is 19.6. The lowest BCUT2D eigenvalue weighted by atomic mass is 9.70. The number of piperidine rings is 1. The van der Waals surface area contributed by atoms with E-state index in [0.717, 1.165) is 42.5 Å². The van der Waals surface area contributed by atoms with Crippen molar-refractivity contribution in [3.05, 3.63) is 57.8 Å². The van der Waals surface area contributed by atoms with E-state index in [1.807, 2.05) is 24.8 Å². The molecule has 7 nitrogen and oxygen atoms in total. The fourth-order valence-electron chi connectivity index (χ4n) is 3.99. The maximum absolute atomic E-state index is 12.7. The molecule has 0 N–H and O–H groups in total. The Hall–Kier alpha value is -2.61. The van der Waals surface area contributed by atoms with Gasteiger partial charge in [0.15, 0.2) is 0 Å².